The fraction of sp³-hybridized carbons (Fsp3) is 0.471. The number of carbonyl (C=O) groups is 1. The fourth-order valence-electron chi connectivity index (χ4n) is 3.22. The molecule has 1 heterocycles. The number of benzene rings is 1. The Kier molecular flexibility index (Phi) is 6.33. The van der Waals surface area contributed by atoms with Gasteiger partial charge in [0.15, 0.2) is 0 Å². The van der Waals surface area contributed by atoms with Crippen molar-refractivity contribution in [3.63, 3.8) is 0 Å². The maximum Gasteiger partial charge on any atom is 0.250 e. The Hall–Kier alpha value is -1.23. The largest absolute Gasteiger partial charge is 0.488 e. The van der Waals surface area contributed by atoms with Gasteiger partial charge in [0.05, 0.1) is 5.57 Å². The SMILES string of the molecule is Cl.NCC1CCCCC1NC(=O)C1=Cc2cc(Cl)ccc2OC1. The molecule has 6 heteroatoms. The second kappa shape index (κ2) is 8.04. The van der Waals surface area contributed by atoms with E-state index in [1.165, 1.54) is 6.42 Å². The van der Waals surface area contributed by atoms with Crippen molar-refractivity contribution < 1.29 is 9.53 Å². The molecule has 3 rings (SSSR count). The van der Waals surface area contributed by atoms with Gasteiger partial charge in [-0.25, -0.2) is 0 Å². The highest BCUT2D eigenvalue weighted by atomic mass is 35.5. The average Bonchev–Trinajstić information content (AvgIpc) is 2.54. The number of hydrogen-bond acceptors (Lipinski definition) is 3. The van der Waals surface area contributed by atoms with E-state index in [1.54, 1.807) is 6.07 Å². The molecule has 2 aliphatic rings. The molecule has 1 aliphatic heterocycles. The first-order valence-electron chi connectivity index (χ1n) is 7.81. The van der Waals surface area contributed by atoms with E-state index in [0.717, 1.165) is 30.6 Å². The van der Waals surface area contributed by atoms with Crippen molar-refractivity contribution in [2.45, 2.75) is 31.7 Å². The molecule has 2 atom stereocenters. The molecule has 1 aromatic carbocycles. The molecule has 0 bridgehead atoms. The highest BCUT2D eigenvalue weighted by Gasteiger charge is 2.27. The highest BCUT2D eigenvalue weighted by molar-refractivity contribution is 6.30. The summed E-state index contributed by atoms with van der Waals surface area (Å²) in [5.41, 5.74) is 7.31. The van der Waals surface area contributed by atoms with E-state index in [-0.39, 0.29) is 24.4 Å². The van der Waals surface area contributed by atoms with E-state index in [0.29, 0.717) is 29.7 Å². The first kappa shape index (κ1) is 18.1. The molecule has 126 valence electrons. The van der Waals surface area contributed by atoms with E-state index >= 15 is 0 Å². The Morgan fingerprint density at radius 2 is 2.13 bits per heavy atom. The van der Waals surface area contributed by atoms with E-state index in [1.807, 2.05) is 18.2 Å². The molecule has 0 saturated heterocycles. The third kappa shape index (κ3) is 4.19. The van der Waals surface area contributed by atoms with Crippen LogP contribution in [0.5, 0.6) is 5.75 Å². The van der Waals surface area contributed by atoms with Crippen LogP contribution in [0.15, 0.2) is 23.8 Å². The van der Waals surface area contributed by atoms with Crippen molar-refractivity contribution in [2.24, 2.45) is 11.7 Å². The van der Waals surface area contributed by atoms with Gasteiger partial charge in [-0.1, -0.05) is 24.4 Å². The molecule has 1 saturated carbocycles. The van der Waals surface area contributed by atoms with Crippen LogP contribution in [0.3, 0.4) is 0 Å². The molecule has 1 amide bonds. The van der Waals surface area contributed by atoms with Crippen molar-refractivity contribution >= 4 is 36.0 Å². The smallest absolute Gasteiger partial charge is 0.250 e. The quantitative estimate of drug-likeness (QED) is 0.873. The van der Waals surface area contributed by atoms with Gasteiger partial charge in [0, 0.05) is 16.6 Å². The predicted octanol–water partition coefficient (Wildman–Crippen LogP) is 3.17. The van der Waals surface area contributed by atoms with Gasteiger partial charge in [-0.2, -0.15) is 0 Å². The van der Waals surface area contributed by atoms with Crippen LogP contribution < -0.4 is 15.8 Å². The number of fused-ring (bicyclic) bond motifs is 1. The number of amides is 1. The standard InChI is InChI=1S/C17H21ClN2O2.ClH/c18-14-5-6-16-12(8-14)7-13(10-22-16)17(21)20-15-4-2-1-3-11(15)9-19;/h5-8,11,15H,1-4,9-10,19H2,(H,20,21);1H. The summed E-state index contributed by atoms with van der Waals surface area (Å²) in [6.07, 6.45) is 6.31. The molecule has 1 aliphatic carbocycles. The first-order valence-corrected chi connectivity index (χ1v) is 8.19. The molecule has 0 radical (unpaired) electrons. The van der Waals surface area contributed by atoms with Gasteiger partial charge in [-0.3, -0.25) is 4.79 Å². The van der Waals surface area contributed by atoms with Gasteiger partial charge in [-0.05, 0) is 49.6 Å². The summed E-state index contributed by atoms with van der Waals surface area (Å²) >= 11 is 6.00. The van der Waals surface area contributed by atoms with Crippen molar-refractivity contribution in [1.29, 1.82) is 0 Å². The number of carbonyl (C=O) groups excluding carboxylic acids is 1. The van der Waals surface area contributed by atoms with Gasteiger partial charge in [0.2, 0.25) is 0 Å². The van der Waals surface area contributed by atoms with Crippen molar-refractivity contribution in [2.75, 3.05) is 13.2 Å². The predicted molar refractivity (Wildman–Crippen MR) is 95.1 cm³/mol. The van der Waals surface area contributed by atoms with Crippen LogP contribution >= 0.6 is 24.0 Å². The van der Waals surface area contributed by atoms with Crippen LogP contribution in [-0.2, 0) is 4.79 Å². The maximum absolute atomic E-state index is 12.5. The Balaban J connectivity index is 0.00000192. The van der Waals surface area contributed by atoms with Crippen molar-refractivity contribution in [3.8, 4) is 5.75 Å². The molecular weight excluding hydrogens is 335 g/mol. The van der Waals surface area contributed by atoms with Crippen LogP contribution in [0.25, 0.3) is 6.08 Å². The molecule has 1 aromatic rings. The number of nitrogens with two attached hydrogens (primary N) is 1. The van der Waals surface area contributed by atoms with Crippen LogP contribution in [-0.4, -0.2) is 25.1 Å². The Morgan fingerprint density at radius 1 is 1.35 bits per heavy atom. The normalized spacial score (nSPS) is 23.0. The molecule has 0 aromatic heterocycles. The summed E-state index contributed by atoms with van der Waals surface area (Å²) in [7, 11) is 0. The zero-order chi connectivity index (χ0) is 15.5. The minimum atomic E-state index is -0.0593. The molecular formula is C17H22Cl2N2O2. The lowest BCUT2D eigenvalue weighted by Gasteiger charge is -2.31. The van der Waals surface area contributed by atoms with E-state index < -0.39 is 0 Å². The van der Waals surface area contributed by atoms with Crippen LogP contribution in [0.4, 0.5) is 0 Å². The second-order valence-electron chi connectivity index (χ2n) is 6.00. The summed E-state index contributed by atoms with van der Waals surface area (Å²) in [4.78, 5) is 12.5. The number of halogens is 2. The third-order valence-corrected chi connectivity index (χ3v) is 4.74. The summed E-state index contributed by atoms with van der Waals surface area (Å²) in [6.45, 7) is 0.916. The topological polar surface area (TPSA) is 64.3 Å². The van der Waals surface area contributed by atoms with E-state index in [2.05, 4.69) is 5.32 Å². The zero-order valence-electron chi connectivity index (χ0n) is 12.9. The lowest BCUT2D eigenvalue weighted by atomic mass is 9.84. The summed E-state index contributed by atoms with van der Waals surface area (Å²) in [5.74, 6) is 1.08. The van der Waals surface area contributed by atoms with Crippen molar-refractivity contribution in [1.82, 2.24) is 5.32 Å². The van der Waals surface area contributed by atoms with Crippen molar-refractivity contribution in [3.05, 3.63) is 34.4 Å². The zero-order valence-corrected chi connectivity index (χ0v) is 14.5. The number of nitrogens with one attached hydrogen (secondary N) is 1. The Morgan fingerprint density at radius 3 is 2.91 bits per heavy atom. The number of hydrogen-bond donors (Lipinski definition) is 2. The van der Waals surface area contributed by atoms with Gasteiger partial charge < -0.3 is 15.8 Å². The monoisotopic (exact) mass is 356 g/mol. The molecule has 2 unspecified atom stereocenters. The average molecular weight is 357 g/mol. The fourth-order valence-corrected chi connectivity index (χ4v) is 3.40. The maximum atomic E-state index is 12.5. The van der Waals surface area contributed by atoms with Gasteiger partial charge in [-0.15, -0.1) is 12.4 Å². The van der Waals surface area contributed by atoms with Gasteiger partial charge >= 0.3 is 0 Å². The van der Waals surface area contributed by atoms with Crippen LogP contribution in [0, 0.1) is 5.92 Å². The van der Waals surface area contributed by atoms with Gasteiger partial charge in [0.25, 0.3) is 5.91 Å². The minimum Gasteiger partial charge on any atom is -0.488 e. The van der Waals surface area contributed by atoms with Crippen LogP contribution in [0.2, 0.25) is 5.02 Å². The minimum absolute atomic E-state index is 0. The Labute approximate surface area is 147 Å². The molecule has 1 fully saturated rings. The number of rotatable bonds is 3. The molecule has 4 nitrogen and oxygen atoms in total. The lowest BCUT2D eigenvalue weighted by molar-refractivity contribution is -0.119. The van der Waals surface area contributed by atoms with Crippen LogP contribution in [0.1, 0.15) is 31.2 Å². The summed E-state index contributed by atoms with van der Waals surface area (Å²) in [5, 5.41) is 3.77. The lowest BCUT2D eigenvalue weighted by Crippen LogP contribution is -2.45. The van der Waals surface area contributed by atoms with E-state index in [4.69, 9.17) is 22.1 Å². The molecule has 23 heavy (non-hydrogen) atoms. The highest BCUT2D eigenvalue weighted by Crippen LogP contribution is 2.29. The molecule has 3 N–H and O–H groups in total. The van der Waals surface area contributed by atoms with E-state index in [9.17, 15) is 4.79 Å². The first-order chi connectivity index (χ1) is 10.7. The number of ether oxygens (including phenoxy) is 1. The Bertz CT molecular complexity index is 604. The summed E-state index contributed by atoms with van der Waals surface area (Å²) in [6, 6.07) is 5.60. The molecule has 0 spiro atoms. The summed E-state index contributed by atoms with van der Waals surface area (Å²) < 4.78 is 5.64. The van der Waals surface area contributed by atoms with Gasteiger partial charge in [0.1, 0.15) is 12.4 Å². The second-order valence-corrected chi connectivity index (χ2v) is 6.44. The third-order valence-electron chi connectivity index (χ3n) is 4.50.